The summed E-state index contributed by atoms with van der Waals surface area (Å²) in [6, 6.07) is -0.269. The number of rotatable bonds is 2. The number of nitrogens with one attached hydrogen (secondary N) is 1. The highest BCUT2D eigenvalue weighted by molar-refractivity contribution is 7.09. The SMILES string of the molecule is C/C(=C\c1csc(C)n1)[C@@H]1C[C@H]2O[C@@]2(C)CCC[C@@H](C)[C@@H](O)[C@@H](C)C(=O)C(C)(C)[C@@H](O)CC(=O)N1. The average Bonchev–Trinajstić information content (AvgIpc) is 3.22. The number of ether oxygens (including phenoxy) is 1. The predicted molar refractivity (Wildman–Crippen MR) is 138 cm³/mol. The third kappa shape index (κ3) is 6.59. The van der Waals surface area contributed by atoms with Crippen LogP contribution in [0, 0.1) is 24.2 Å². The third-order valence-corrected chi connectivity index (χ3v) is 8.86. The number of nitrogens with zero attached hydrogens (tertiary/aromatic N) is 1. The fraction of sp³-hybridized carbons (Fsp3) is 0.741. The van der Waals surface area contributed by atoms with Gasteiger partial charge in [0.2, 0.25) is 5.91 Å². The standard InChI is InChI=1S/C27H42N2O5S/c1-15-9-8-10-27(7)22(34-27)12-20(16(2)11-19-14-35-18(4)28-19)29-23(31)13-21(30)26(5,6)25(33)17(3)24(15)32/h11,14-15,17,20-22,24,30,32H,8-10,12-13H2,1-7H3,(H,29,31)/b16-11+/t15-,17-,20+,21+,22-,24-,27+/m1/s1. The van der Waals surface area contributed by atoms with Crippen LogP contribution in [0.5, 0.6) is 0 Å². The highest BCUT2D eigenvalue weighted by Crippen LogP contribution is 2.44. The highest BCUT2D eigenvalue weighted by atomic mass is 32.1. The molecule has 7 nitrogen and oxygen atoms in total. The quantitative estimate of drug-likeness (QED) is 0.522. The summed E-state index contributed by atoms with van der Waals surface area (Å²) >= 11 is 1.58. The smallest absolute Gasteiger partial charge is 0.223 e. The third-order valence-electron chi connectivity index (χ3n) is 8.07. The van der Waals surface area contributed by atoms with E-state index in [1.54, 1.807) is 32.1 Å². The lowest BCUT2D eigenvalue weighted by molar-refractivity contribution is -0.143. The number of amides is 1. The van der Waals surface area contributed by atoms with E-state index in [-0.39, 0.29) is 41.8 Å². The van der Waals surface area contributed by atoms with Crippen molar-refractivity contribution in [3.05, 3.63) is 21.7 Å². The maximum absolute atomic E-state index is 13.2. The van der Waals surface area contributed by atoms with E-state index in [9.17, 15) is 19.8 Å². The summed E-state index contributed by atoms with van der Waals surface area (Å²) in [5, 5.41) is 27.8. The Morgan fingerprint density at radius 1 is 1.26 bits per heavy atom. The number of aryl methyl sites for hydroxylation is 1. The average molecular weight is 507 g/mol. The normalized spacial score (nSPS) is 37.5. The van der Waals surface area contributed by atoms with Crippen molar-refractivity contribution in [1.29, 1.82) is 0 Å². The number of thiazole rings is 1. The second-order valence-electron chi connectivity index (χ2n) is 11.4. The molecule has 0 spiro atoms. The Morgan fingerprint density at radius 3 is 2.57 bits per heavy atom. The highest BCUT2D eigenvalue weighted by Gasteiger charge is 2.52. The van der Waals surface area contributed by atoms with Gasteiger partial charge < -0.3 is 20.3 Å². The summed E-state index contributed by atoms with van der Waals surface area (Å²) < 4.78 is 6.10. The van der Waals surface area contributed by atoms with Crippen LogP contribution in [0.4, 0.5) is 0 Å². The van der Waals surface area contributed by atoms with E-state index < -0.39 is 23.5 Å². The summed E-state index contributed by atoms with van der Waals surface area (Å²) in [6.07, 6.45) is 2.99. The van der Waals surface area contributed by atoms with Crippen LogP contribution in [-0.4, -0.2) is 56.8 Å². The van der Waals surface area contributed by atoms with E-state index in [2.05, 4.69) is 17.2 Å². The number of aliphatic hydroxyl groups is 2. The number of aromatic nitrogens is 1. The van der Waals surface area contributed by atoms with Crippen LogP contribution in [-0.2, 0) is 14.3 Å². The molecular formula is C27H42N2O5S. The summed E-state index contributed by atoms with van der Waals surface area (Å²) in [5.74, 6) is -1.24. The van der Waals surface area contributed by atoms with Gasteiger partial charge in [-0.15, -0.1) is 11.3 Å². The second-order valence-corrected chi connectivity index (χ2v) is 12.5. The first-order chi connectivity index (χ1) is 16.2. The van der Waals surface area contributed by atoms with E-state index in [4.69, 9.17) is 4.74 Å². The Balaban J connectivity index is 1.85. The molecule has 0 radical (unpaired) electrons. The molecule has 2 fully saturated rings. The molecule has 35 heavy (non-hydrogen) atoms. The molecule has 2 aliphatic rings. The Hall–Kier alpha value is -1.61. The molecule has 1 amide bonds. The summed E-state index contributed by atoms with van der Waals surface area (Å²) in [7, 11) is 0. The number of hydrogen-bond acceptors (Lipinski definition) is 7. The molecule has 1 aromatic rings. The lowest BCUT2D eigenvalue weighted by Crippen LogP contribution is -2.47. The zero-order valence-electron chi connectivity index (χ0n) is 22.1. The van der Waals surface area contributed by atoms with Crippen LogP contribution in [0.1, 0.15) is 84.3 Å². The van der Waals surface area contributed by atoms with Gasteiger partial charge in [-0.3, -0.25) is 9.59 Å². The molecular weight excluding hydrogens is 464 g/mol. The fourth-order valence-electron chi connectivity index (χ4n) is 5.19. The van der Waals surface area contributed by atoms with Crippen molar-refractivity contribution < 1.29 is 24.5 Å². The van der Waals surface area contributed by atoms with Gasteiger partial charge in [-0.2, -0.15) is 0 Å². The molecule has 0 aliphatic carbocycles. The van der Waals surface area contributed by atoms with Gasteiger partial charge in [-0.05, 0) is 51.2 Å². The van der Waals surface area contributed by atoms with Crippen LogP contribution in [0.25, 0.3) is 6.08 Å². The summed E-state index contributed by atoms with van der Waals surface area (Å²) in [5.41, 5.74) is 0.410. The van der Waals surface area contributed by atoms with Gasteiger partial charge in [-0.1, -0.05) is 34.1 Å². The first-order valence-corrected chi connectivity index (χ1v) is 13.6. The number of carbonyl (C=O) groups is 2. The Kier molecular flexibility index (Phi) is 8.62. The van der Waals surface area contributed by atoms with E-state index >= 15 is 0 Å². The molecule has 2 aliphatic heterocycles. The topological polar surface area (TPSA) is 112 Å². The first-order valence-electron chi connectivity index (χ1n) is 12.7. The minimum absolute atomic E-state index is 0.0170. The summed E-state index contributed by atoms with van der Waals surface area (Å²) in [6.45, 7) is 13.0. The van der Waals surface area contributed by atoms with Gasteiger partial charge >= 0.3 is 0 Å². The van der Waals surface area contributed by atoms with Crippen molar-refractivity contribution in [2.75, 3.05) is 0 Å². The van der Waals surface area contributed by atoms with Crippen LogP contribution in [0.2, 0.25) is 0 Å². The van der Waals surface area contributed by atoms with Crippen molar-refractivity contribution in [2.24, 2.45) is 17.3 Å². The van der Waals surface area contributed by atoms with Crippen LogP contribution in [0.15, 0.2) is 11.0 Å². The Bertz CT molecular complexity index is 957. The second kappa shape index (κ2) is 10.8. The van der Waals surface area contributed by atoms with Crippen LogP contribution < -0.4 is 5.32 Å². The predicted octanol–water partition coefficient (Wildman–Crippen LogP) is 4.05. The number of fused-ring (bicyclic) bond motifs is 1. The zero-order valence-corrected chi connectivity index (χ0v) is 22.9. The van der Waals surface area contributed by atoms with E-state index in [1.165, 1.54) is 0 Å². The monoisotopic (exact) mass is 506 g/mol. The molecule has 196 valence electrons. The van der Waals surface area contributed by atoms with Crippen molar-refractivity contribution in [3.63, 3.8) is 0 Å². The molecule has 1 aromatic heterocycles. The van der Waals surface area contributed by atoms with Gasteiger partial charge in [-0.25, -0.2) is 4.98 Å². The molecule has 3 heterocycles. The van der Waals surface area contributed by atoms with Crippen LogP contribution in [0.3, 0.4) is 0 Å². The number of epoxide rings is 1. The van der Waals surface area contributed by atoms with E-state index in [0.717, 1.165) is 35.5 Å². The van der Waals surface area contributed by atoms with Crippen molar-refractivity contribution >= 4 is 29.1 Å². The number of ketones is 1. The Morgan fingerprint density at radius 2 is 1.94 bits per heavy atom. The molecule has 7 atom stereocenters. The molecule has 3 rings (SSSR count). The van der Waals surface area contributed by atoms with Crippen molar-refractivity contribution in [3.8, 4) is 0 Å². The van der Waals surface area contributed by atoms with Gasteiger partial charge in [0.15, 0.2) is 0 Å². The number of Topliss-reactive ketones (excluding diaryl/α,β-unsaturated/α-hetero) is 1. The minimum Gasteiger partial charge on any atom is -0.392 e. The molecule has 2 saturated heterocycles. The maximum Gasteiger partial charge on any atom is 0.223 e. The van der Waals surface area contributed by atoms with Gasteiger partial charge in [0, 0.05) is 17.7 Å². The lowest BCUT2D eigenvalue weighted by atomic mass is 9.72. The Labute approximate surface area is 213 Å². The zero-order chi connectivity index (χ0) is 26.1. The summed E-state index contributed by atoms with van der Waals surface area (Å²) in [4.78, 5) is 30.8. The first kappa shape index (κ1) is 28.0. The largest absolute Gasteiger partial charge is 0.392 e. The van der Waals surface area contributed by atoms with Crippen molar-refractivity contribution in [2.45, 2.75) is 111 Å². The maximum atomic E-state index is 13.2. The number of aliphatic hydroxyl groups excluding tert-OH is 2. The van der Waals surface area contributed by atoms with E-state index in [0.29, 0.717) is 6.42 Å². The number of carbonyl (C=O) groups excluding carboxylic acids is 2. The van der Waals surface area contributed by atoms with E-state index in [1.807, 2.05) is 32.2 Å². The van der Waals surface area contributed by atoms with Gasteiger partial charge in [0.1, 0.15) is 5.78 Å². The molecule has 0 aromatic carbocycles. The van der Waals surface area contributed by atoms with Gasteiger partial charge in [0.25, 0.3) is 0 Å². The fourth-order valence-corrected chi connectivity index (χ4v) is 5.76. The molecule has 0 bridgehead atoms. The van der Waals surface area contributed by atoms with Gasteiger partial charge in [0.05, 0.1) is 52.5 Å². The minimum atomic E-state index is -1.17. The molecule has 0 saturated carbocycles. The molecule has 3 N–H and O–H groups in total. The lowest BCUT2D eigenvalue weighted by Gasteiger charge is -2.34. The number of hydrogen-bond donors (Lipinski definition) is 3. The molecule has 0 unspecified atom stereocenters. The van der Waals surface area contributed by atoms with Crippen LogP contribution >= 0.6 is 11.3 Å². The molecule has 8 heteroatoms. The van der Waals surface area contributed by atoms with Crippen molar-refractivity contribution in [1.82, 2.24) is 10.3 Å².